The summed E-state index contributed by atoms with van der Waals surface area (Å²) < 4.78 is 26.4. The second-order valence-electron chi connectivity index (χ2n) is 3.73. The van der Waals surface area contributed by atoms with E-state index in [-0.39, 0.29) is 12.2 Å². The molecule has 2 aromatic rings. The minimum Gasteiger partial charge on any atom is -0.399 e. The molecule has 0 radical (unpaired) electrons. The molecule has 0 aliphatic rings. The first-order valence-corrected chi connectivity index (χ1v) is 7.68. The van der Waals surface area contributed by atoms with Crippen LogP contribution in [0.2, 0.25) is 0 Å². The third kappa shape index (κ3) is 3.10. The van der Waals surface area contributed by atoms with E-state index in [1.807, 2.05) is 0 Å². The van der Waals surface area contributed by atoms with Crippen LogP contribution >= 0.6 is 11.3 Å². The maximum atomic E-state index is 12.1. The number of anilines is 1. The van der Waals surface area contributed by atoms with Gasteiger partial charge in [-0.05, 0) is 12.1 Å². The lowest BCUT2D eigenvalue weighted by molar-refractivity contribution is -0.387. The van der Waals surface area contributed by atoms with Gasteiger partial charge in [0.15, 0.2) is 4.90 Å². The molecule has 0 saturated carbocycles. The number of nitrogens with zero attached hydrogens (tertiary/aromatic N) is 2. The van der Waals surface area contributed by atoms with Gasteiger partial charge in [0.25, 0.3) is 5.69 Å². The average molecular weight is 314 g/mol. The highest BCUT2D eigenvalue weighted by atomic mass is 32.2. The lowest BCUT2D eigenvalue weighted by Crippen LogP contribution is -2.24. The standard InChI is InChI=1S/C10H10N4O4S2/c11-7-1-2-9(8(5-7)14(15)16)20(17,18)13-6-10-12-3-4-19-10/h1-5,13H,6,11H2. The zero-order valence-electron chi connectivity index (χ0n) is 10.0. The minimum atomic E-state index is -4.01. The van der Waals surface area contributed by atoms with Gasteiger partial charge in [0, 0.05) is 23.3 Å². The van der Waals surface area contributed by atoms with Crippen LogP contribution in [0, 0.1) is 10.1 Å². The van der Waals surface area contributed by atoms with E-state index >= 15 is 0 Å². The van der Waals surface area contributed by atoms with E-state index in [9.17, 15) is 18.5 Å². The van der Waals surface area contributed by atoms with Crippen LogP contribution in [0.25, 0.3) is 0 Å². The molecule has 0 atom stereocenters. The van der Waals surface area contributed by atoms with Crippen LogP contribution in [0.4, 0.5) is 11.4 Å². The zero-order chi connectivity index (χ0) is 14.8. The Labute approximate surface area is 118 Å². The number of nitrogens with two attached hydrogens (primary N) is 1. The smallest absolute Gasteiger partial charge is 0.291 e. The molecule has 1 aromatic heterocycles. The Morgan fingerprint density at radius 1 is 1.45 bits per heavy atom. The van der Waals surface area contributed by atoms with Crippen molar-refractivity contribution in [2.75, 3.05) is 5.73 Å². The van der Waals surface area contributed by atoms with Crippen molar-refractivity contribution in [3.05, 3.63) is 44.9 Å². The summed E-state index contributed by atoms with van der Waals surface area (Å²) in [6.45, 7) is -0.0263. The number of nitro benzene ring substituents is 1. The van der Waals surface area contributed by atoms with E-state index in [1.165, 1.54) is 17.4 Å². The van der Waals surface area contributed by atoms with Crippen molar-refractivity contribution in [3.8, 4) is 0 Å². The Morgan fingerprint density at radius 3 is 2.80 bits per heavy atom. The van der Waals surface area contributed by atoms with Gasteiger partial charge in [0.05, 0.1) is 11.5 Å². The van der Waals surface area contributed by atoms with Crippen LogP contribution in [0.3, 0.4) is 0 Å². The number of nitrogens with one attached hydrogen (secondary N) is 1. The summed E-state index contributed by atoms with van der Waals surface area (Å²) in [6.07, 6.45) is 1.54. The van der Waals surface area contributed by atoms with Gasteiger partial charge < -0.3 is 5.73 Å². The molecule has 10 heteroatoms. The monoisotopic (exact) mass is 314 g/mol. The second kappa shape index (κ2) is 5.53. The van der Waals surface area contributed by atoms with Gasteiger partial charge in [-0.3, -0.25) is 10.1 Å². The highest BCUT2D eigenvalue weighted by Crippen LogP contribution is 2.26. The van der Waals surface area contributed by atoms with Gasteiger partial charge in [0.1, 0.15) is 5.01 Å². The molecule has 3 N–H and O–H groups in total. The number of nitro groups is 1. The molecule has 0 aliphatic heterocycles. The quantitative estimate of drug-likeness (QED) is 0.483. The fourth-order valence-corrected chi connectivity index (χ4v) is 3.26. The molecule has 2 rings (SSSR count). The molecule has 0 unspecified atom stereocenters. The van der Waals surface area contributed by atoms with Crippen LogP contribution in [-0.4, -0.2) is 18.3 Å². The predicted molar refractivity (Wildman–Crippen MR) is 73.6 cm³/mol. The van der Waals surface area contributed by atoms with E-state index in [2.05, 4.69) is 9.71 Å². The second-order valence-corrected chi connectivity index (χ2v) is 6.45. The van der Waals surface area contributed by atoms with E-state index in [0.717, 1.165) is 12.1 Å². The topological polar surface area (TPSA) is 128 Å². The molecule has 0 aliphatic carbocycles. The Morgan fingerprint density at radius 2 is 2.20 bits per heavy atom. The number of rotatable bonds is 5. The van der Waals surface area contributed by atoms with Crippen LogP contribution in [0.5, 0.6) is 0 Å². The number of benzene rings is 1. The van der Waals surface area contributed by atoms with Crippen LogP contribution < -0.4 is 10.5 Å². The van der Waals surface area contributed by atoms with Crippen molar-refractivity contribution in [2.24, 2.45) is 0 Å². The Balaban J connectivity index is 2.31. The van der Waals surface area contributed by atoms with Gasteiger partial charge in [-0.25, -0.2) is 18.1 Å². The van der Waals surface area contributed by atoms with E-state index < -0.39 is 25.5 Å². The molecule has 0 saturated heterocycles. The third-order valence-electron chi connectivity index (χ3n) is 2.37. The maximum absolute atomic E-state index is 12.1. The number of hydrogen-bond donors (Lipinski definition) is 2. The van der Waals surface area contributed by atoms with E-state index in [1.54, 1.807) is 11.6 Å². The molecule has 0 bridgehead atoms. The predicted octanol–water partition coefficient (Wildman–Crippen LogP) is 1.11. The fraction of sp³-hybridized carbons (Fsp3) is 0.100. The van der Waals surface area contributed by atoms with Crippen LogP contribution in [0.1, 0.15) is 5.01 Å². The normalized spacial score (nSPS) is 11.4. The molecule has 20 heavy (non-hydrogen) atoms. The van der Waals surface area contributed by atoms with Crippen molar-refractivity contribution in [1.29, 1.82) is 0 Å². The molecule has 0 fully saturated rings. The Bertz CT molecular complexity index is 728. The Kier molecular flexibility index (Phi) is 3.97. The number of aromatic nitrogens is 1. The maximum Gasteiger partial charge on any atom is 0.291 e. The van der Waals surface area contributed by atoms with Gasteiger partial charge in [-0.1, -0.05) is 0 Å². The van der Waals surface area contributed by atoms with Crippen molar-refractivity contribution in [2.45, 2.75) is 11.4 Å². The van der Waals surface area contributed by atoms with Crippen LogP contribution in [-0.2, 0) is 16.6 Å². The molecule has 1 aromatic carbocycles. The number of hydrogen-bond acceptors (Lipinski definition) is 7. The van der Waals surface area contributed by atoms with Gasteiger partial charge in [-0.2, -0.15) is 0 Å². The third-order valence-corrected chi connectivity index (χ3v) is 4.59. The number of nitrogen functional groups attached to an aromatic ring is 1. The molecular formula is C10H10N4O4S2. The first kappa shape index (κ1) is 14.4. The van der Waals surface area contributed by atoms with E-state index in [0.29, 0.717) is 5.01 Å². The summed E-state index contributed by atoms with van der Waals surface area (Å²) >= 11 is 1.28. The van der Waals surface area contributed by atoms with Gasteiger partial charge in [-0.15, -0.1) is 11.3 Å². The average Bonchev–Trinajstić information content (AvgIpc) is 2.89. The molecule has 1 heterocycles. The van der Waals surface area contributed by atoms with Crippen molar-refractivity contribution in [3.63, 3.8) is 0 Å². The summed E-state index contributed by atoms with van der Waals surface area (Å²) in [7, 11) is -4.01. The molecule has 0 amide bonds. The largest absolute Gasteiger partial charge is 0.399 e. The lowest BCUT2D eigenvalue weighted by atomic mass is 10.3. The molecular weight excluding hydrogens is 304 g/mol. The van der Waals surface area contributed by atoms with Gasteiger partial charge >= 0.3 is 0 Å². The summed E-state index contributed by atoms with van der Waals surface area (Å²) in [5, 5.41) is 13.2. The van der Waals surface area contributed by atoms with Crippen LogP contribution in [0.15, 0.2) is 34.7 Å². The Hall–Kier alpha value is -2.04. The van der Waals surface area contributed by atoms with Crippen molar-refractivity contribution < 1.29 is 13.3 Å². The summed E-state index contributed by atoms with van der Waals surface area (Å²) in [6, 6.07) is 3.42. The fourth-order valence-electron chi connectivity index (χ4n) is 1.48. The minimum absolute atomic E-state index is 0.0263. The molecule has 106 valence electrons. The first-order chi connectivity index (χ1) is 9.40. The van der Waals surface area contributed by atoms with Gasteiger partial charge in [0.2, 0.25) is 10.0 Å². The highest BCUT2D eigenvalue weighted by molar-refractivity contribution is 7.89. The lowest BCUT2D eigenvalue weighted by Gasteiger charge is -2.06. The van der Waals surface area contributed by atoms with Crippen molar-refractivity contribution >= 4 is 32.7 Å². The number of thiazole rings is 1. The summed E-state index contributed by atoms with van der Waals surface area (Å²) in [5.74, 6) is 0. The molecule has 8 nitrogen and oxygen atoms in total. The molecule has 0 spiro atoms. The highest BCUT2D eigenvalue weighted by Gasteiger charge is 2.25. The first-order valence-electron chi connectivity index (χ1n) is 5.32. The SMILES string of the molecule is Nc1ccc(S(=O)(=O)NCc2nccs2)c([N+](=O)[O-])c1. The zero-order valence-corrected chi connectivity index (χ0v) is 11.6. The summed E-state index contributed by atoms with van der Waals surface area (Å²) in [5.41, 5.74) is 4.99. The van der Waals surface area contributed by atoms with Crippen molar-refractivity contribution in [1.82, 2.24) is 9.71 Å². The number of sulfonamides is 1. The summed E-state index contributed by atoms with van der Waals surface area (Å²) in [4.78, 5) is 13.6. The van der Waals surface area contributed by atoms with E-state index in [4.69, 9.17) is 5.73 Å².